The first-order valence-electron chi connectivity index (χ1n) is 7.49. The highest BCUT2D eigenvalue weighted by molar-refractivity contribution is 5.96. The van der Waals surface area contributed by atoms with Gasteiger partial charge in [-0.25, -0.2) is 4.39 Å². The monoisotopic (exact) mass is 346 g/mol. The molecule has 3 rings (SSSR count). The van der Waals surface area contributed by atoms with E-state index >= 15 is 0 Å². The minimum atomic E-state index is -0.630. The smallest absolute Gasteiger partial charge is 0.276 e. The molecule has 7 nitrogen and oxygen atoms in total. The maximum atomic E-state index is 13.4. The second kappa shape index (κ2) is 7.52. The van der Waals surface area contributed by atoms with Gasteiger partial charge in [-0.2, -0.15) is 0 Å². The zero-order valence-corrected chi connectivity index (χ0v) is 13.1. The Morgan fingerprint density at radius 1 is 1.04 bits per heavy atom. The van der Waals surface area contributed by atoms with Crippen LogP contribution in [0.5, 0.6) is 17.2 Å². The molecule has 2 N–H and O–H groups in total. The van der Waals surface area contributed by atoms with Crippen molar-refractivity contribution in [3.63, 3.8) is 0 Å². The van der Waals surface area contributed by atoms with Gasteiger partial charge in [0, 0.05) is 5.56 Å². The maximum Gasteiger partial charge on any atom is 0.276 e. The molecule has 0 fully saturated rings. The van der Waals surface area contributed by atoms with Gasteiger partial charge in [0.1, 0.15) is 13.2 Å². The predicted molar refractivity (Wildman–Crippen MR) is 84.9 cm³/mol. The first-order valence-corrected chi connectivity index (χ1v) is 7.49. The van der Waals surface area contributed by atoms with Crippen LogP contribution in [0.2, 0.25) is 0 Å². The van der Waals surface area contributed by atoms with E-state index in [4.69, 9.17) is 14.2 Å². The topological polar surface area (TPSA) is 85.9 Å². The summed E-state index contributed by atoms with van der Waals surface area (Å²) in [6.45, 7) is 0.418. The summed E-state index contributed by atoms with van der Waals surface area (Å²) in [6.07, 6.45) is 0. The minimum Gasteiger partial charge on any atom is -0.486 e. The van der Waals surface area contributed by atoms with E-state index in [1.165, 1.54) is 24.3 Å². The molecule has 8 heteroatoms. The predicted octanol–water partition coefficient (Wildman–Crippen LogP) is 1.44. The van der Waals surface area contributed by atoms with E-state index in [1.54, 1.807) is 18.2 Å². The number of hydrazine groups is 1. The number of para-hydroxylation sites is 1. The van der Waals surface area contributed by atoms with Crippen molar-refractivity contribution in [2.24, 2.45) is 0 Å². The van der Waals surface area contributed by atoms with Gasteiger partial charge in [0.25, 0.3) is 11.8 Å². The third kappa shape index (κ3) is 4.17. The van der Waals surface area contributed by atoms with Crippen molar-refractivity contribution in [3.05, 3.63) is 53.8 Å². The summed E-state index contributed by atoms with van der Waals surface area (Å²) in [5.41, 5.74) is 4.73. The summed E-state index contributed by atoms with van der Waals surface area (Å²) in [7, 11) is 0. The molecule has 0 unspecified atom stereocenters. The zero-order chi connectivity index (χ0) is 17.6. The lowest BCUT2D eigenvalue weighted by Crippen LogP contribution is -2.43. The van der Waals surface area contributed by atoms with Crippen LogP contribution in [0.1, 0.15) is 10.4 Å². The van der Waals surface area contributed by atoms with Crippen molar-refractivity contribution in [1.82, 2.24) is 10.9 Å². The zero-order valence-electron chi connectivity index (χ0n) is 13.1. The lowest BCUT2D eigenvalue weighted by Gasteiger charge is -2.18. The number of carbonyl (C=O) groups is 2. The molecule has 130 valence electrons. The molecule has 2 amide bonds. The van der Waals surface area contributed by atoms with E-state index in [9.17, 15) is 14.0 Å². The molecule has 1 aliphatic heterocycles. The number of carbonyl (C=O) groups excluding carboxylic acids is 2. The normalized spacial score (nSPS) is 12.2. The summed E-state index contributed by atoms with van der Waals surface area (Å²) in [6, 6.07) is 10.4. The molecule has 0 radical (unpaired) electrons. The minimum absolute atomic E-state index is 0.0455. The van der Waals surface area contributed by atoms with E-state index < -0.39 is 24.2 Å². The molecule has 0 saturated carbocycles. The average Bonchev–Trinajstić information content (AvgIpc) is 2.65. The van der Waals surface area contributed by atoms with Crippen LogP contribution < -0.4 is 25.1 Å². The van der Waals surface area contributed by atoms with Crippen LogP contribution in [0.15, 0.2) is 42.5 Å². The van der Waals surface area contributed by atoms with Gasteiger partial charge in [-0.15, -0.1) is 0 Å². The van der Waals surface area contributed by atoms with Crippen LogP contribution >= 0.6 is 0 Å². The van der Waals surface area contributed by atoms with Crippen molar-refractivity contribution in [2.75, 3.05) is 19.8 Å². The van der Waals surface area contributed by atoms with Gasteiger partial charge in [-0.05, 0) is 30.3 Å². The van der Waals surface area contributed by atoms with Crippen LogP contribution in [-0.4, -0.2) is 31.6 Å². The van der Waals surface area contributed by atoms with Crippen LogP contribution in [0.25, 0.3) is 0 Å². The van der Waals surface area contributed by atoms with Gasteiger partial charge in [0.2, 0.25) is 0 Å². The molecular weight excluding hydrogens is 331 g/mol. The van der Waals surface area contributed by atoms with Crippen molar-refractivity contribution in [3.8, 4) is 17.2 Å². The Morgan fingerprint density at radius 2 is 1.80 bits per heavy atom. The van der Waals surface area contributed by atoms with Gasteiger partial charge in [0.05, 0.1) is 0 Å². The molecule has 0 atom stereocenters. The molecule has 0 saturated heterocycles. The second-order valence-electron chi connectivity index (χ2n) is 5.08. The van der Waals surface area contributed by atoms with Gasteiger partial charge < -0.3 is 14.2 Å². The van der Waals surface area contributed by atoms with Crippen LogP contribution in [0.3, 0.4) is 0 Å². The SMILES string of the molecule is O=C(COc1ccccc1F)NNC(=O)c1ccc2c(c1)OCCO2. The molecule has 0 bridgehead atoms. The van der Waals surface area contributed by atoms with E-state index in [-0.39, 0.29) is 5.75 Å². The Labute approximate surface area is 142 Å². The van der Waals surface area contributed by atoms with Crippen LogP contribution in [0, 0.1) is 5.82 Å². The van der Waals surface area contributed by atoms with Crippen molar-refractivity contribution < 1.29 is 28.2 Å². The molecule has 1 heterocycles. The molecule has 0 spiro atoms. The number of ether oxygens (including phenoxy) is 3. The molecule has 0 aliphatic carbocycles. The number of benzene rings is 2. The number of halogens is 1. The number of rotatable bonds is 4. The lowest BCUT2D eigenvalue weighted by atomic mass is 10.2. The van der Waals surface area contributed by atoms with Crippen LogP contribution in [0.4, 0.5) is 4.39 Å². The third-order valence-corrected chi connectivity index (χ3v) is 3.32. The van der Waals surface area contributed by atoms with E-state index in [2.05, 4.69) is 10.9 Å². The molecular formula is C17H15FN2O5. The van der Waals surface area contributed by atoms with E-state index in [0.29, 0.717) is 30.3 Å². The fraction of sp³-hybridized carbons (Fsp3) is 0.176. The summed E-state index contributed by atoms with van der Waals surface area (Å²) in [4.78, 5) is 23.7. The molecule has 0 aromatic heterocycles. The summed E-state index contributed by atoms with van der Waals surface area (Å²) < 4.78 is 29.2. The van der Waals surface area contributed by atoms with E-state index in [1.807, 2.05) is 0 Å². The number of hydrogen-bond acceptors (Lipinski definition) is 5. The first-order chi connectivity index (χ1) is 12.1. The Morgan fingerprint density at radius 3 is 2.60 bits per heavy atom. The lowest BCUT2D eigenvalue weighted by molar-refractivity contribution is -0.123. The van der Waals surface area contributed by atoms with Gasteiger partial charge in [-0.1, -0.05) is 12.1 Å². The Bertz CT molecular complexity index is 796. The number of hydrogen-bond donors (Lipinski definition) is 2. The third-order valence-electron chi connectivity index (χ3n) is 3.32. The standard InChI is InChI=1S/C17H15FN2O5/c18-12-3-1-2-4-13(12)25-10-16(21)19-20-17(22)11-5-6-14-15(9-11)24-8-7-23-14/h1-6,9H,7-8,10H2,(H,19,21)(H,20,22). The Kier molecular flexibility index (Phi) is 4.98. The summed E-state index contributed by atoms with van der Waals surface area (Å²) >= 11 is 0. The highest BCUT2D eigenvalue weighted by atomic mass is 19.1. The summed E-state index contributed by atoms with van der Waals surface area (Å²) in [5, 5.41) is 0. The summed E-state index contributed by atoms with van der Waals surface area (Å²) in [5.74, 6) is -0.755. The average molecular weight is 346 g/mol. The molecule has 2 aromatic rings. The van der Waals surface area contributed by atoms with Gasteiger partial charge in [0.15, 0.2) is 29.7 Å². The molecule has 25 heavy (non-hydrogen) atoms. The highest BCUT2D eigenvalue weighted by Gasteiger charge is 2.15. The van der Waals surface area contributed by atoms with Gasteiger partial charge >= 0.3 is 0 Å². The van der Waals surface area contributed by atoms with Crippen LogP contribution in [-0.2, 0) is 4.79 Å². The molecule has 1 aliphatic rings. The largest absolute Gasteiger partial charge is 0.486 e. The van der Waals surface area contributed by atoms with Crippen molar-refractivity contribution in [1.29, 1.82) is 0 Å². The van der Waals surface area contributed by atoms with Gasteiger partial charge in [-0.3, -0.25) is 20.4 Å². The molecule has 2 aromatic carbocycles. The Hall–Kier alpha value is -3.29. The number of fused-ring (bicyclic) bond motifs is 1. The first kappa shape index (κ1) is 16.6. The van der Waals surface area contributed by atoms with Crippen molar-refractivity contribution >= 4 is 11.8 Å². The van der Waals surface area contributed by atoms with E-state index in [0.717, 1.165) is 0 Å². The maximum absolute atomic E-state index is 13.4. The number of nitrogens with one attached hydrogen (secondary N) is 2. The Balaban J connectivity index is 1.50. The fourth-order valence-corrected chi connectivity index (χ4v) is 2.12. The fourth-order valence-electron chi connectivity index (χ4n) is 2.12. The second-order valence-corrected chi connectivity index (χ2v) is 5.08. The number of amides is 2. The van der Waals surface area contributed by atoms with Crippen molar-refractivity contribution in [2.45, 2.75) is 0 Å². The quantitative estimate of drug-likeness (QED) is 0.818. The highest BCUT2D eigenvalue weighted by Crippen LogP contribution is 2.30.